The van der Waals surface area contributed by atoms with Crippen molar-refractivity contribution in [3.8, 4) is 11.5 Å². The molecule has 2 aliphatic rings. The maximum absolute atomic E-state index is 11.8. The lowest BCUT2D eigenvalue weighted by atomic mass is 9.87. The van der Waals surface area contributed by atoms with Gasteiger partial charge in [-0.25, -0.2) is 0 Å². The standard InChI is InChI=1S/C39H46N2O7/c42-39(43)41-16-15-37(33-10-12-35(13-11-33)46-21-4-20-45-28-30-5-2-1-3-6-30)38(27-41)48-29-31-7-8-32-9-14-36(26-34(32)25-31)47-24-19-40-17-22-44-23-18-40/h1-3,5-14,25-26,37-38H,4,15-24,27-29H2,(H,42,43)/p-1. The van der Waals surface area contributed by atoms with Crippen LogP contribution in [0.15, 0.2) is 91.0 Å². The molecule has 0 saturated carbocycles. The molecular formula is C39H45N2O7-. The third-order valence-corrected chi connectivity index (χ3v) is 9.06. The minimum Gasteiger partial charge on any atom is -0.530 e. The lowest BCUT2D eigenvalue weighted by Gasteiger charge is -2.40. The summed E-state index contributed by atoms with van der Waals surface area (Å²) in [7, 11) is 0. The number of nitrogens with zero attached hydrogens (tertiary/aromatic N) is 2. The van der Waals surface area contributed by atoms with Crippen molar-refractivity contribution >= 4 is 16.9 Å². The van der Waals surface area contributed by atoms with E-state index in [1.54, 1.807) is 0 Å². The smallest absolute Gasteiger partial charge is 0.137 e. The molecule has 9 heteroatoms. The van der Waals surface area contributed by atoms with Crippen LogP contribution in [0.5, 0.6) is 11.5 Å². The minimum absolute atomic E-state index is 0.0490. The van der Waals surface area contributed by atoms with Crippen LogP contribution in [0, 0.1) is 0 Å². The quantitative estimate of drug-likeness (QED) is 0.161. The molecule has 2 atom stereocenters. The van der Waals surface area contributed by atoms with Gasteiger partial charge in [0.25, 0.3) is 0 Å². The highest BCUT2D eigenvalue weighted by Gasteiger charge is 2.31. The average Bonchev–Trinajstić information content (AvgIpc) is 3.13. The number of morpholine rings is 1. The van der Waals surface area contributed by atoms with Crippen molar-refractivity contribution in [2.45, 2.75) is 38.1 Å². The zero-order valence-electron chi connectivity index (χ0n) is 27.5. The van der Waals surface area contributed by atoms with Gasteiger partial charge in [0.2, 0.25) is 0 Å². The maximum Gasteiger partial charge on any atom is 0.137 e. The summed E-state index contributed by atoms with van der Waals surface area (Å²) < 4.78 is 29.7. The van der Waals surface area contributed by atoms with Crippen molar-refractivity contribution in [2.24, 2.45) is 0 Å². The fraction of sp³-hybridized carbons (Fsp3) is 0.410. The summed E-state index contributed by atoms with van der Waals surface area (Å²) in [5, 5.41) is 14.0. The van der Waals surface area contributed by atoms with Crippen LogP contribution in [0.2, 0.25) is 0 Å². The molecule has 4 aromatic carbocycles. The zero-order chi connectivity index (χ0) is 33.0. The molecule has 6 rings (SSSR count). The molecule has 0 aromatic heterocycles. The van der Waals surface area contributed by atoms with E-state index in [2.05, 4.69) is 59.5 Å². The Bertz CT molecular complexity index is 1580. The van der Waals surface area contributed by atoms with Gasteiger partial charge in [-0.2, -0.15) is 0 Å². The first-order chi connectivity index (χ1) is 23.6. The fourth-order valence-corrected chi connectivity index (χ4v) is 6.33. The van der Waals surface area contributed by atoms with Crippen LogP contribution in [0.3, 0.4) is 0 Å². The van der Waals surface area contributed by atoms with E-state index in [4.69, 9.17) is 23.7 Å². The largest absolute Gasteiger partial charge is 0.530 e. The molecule has 2 heterocycles. The number of hydrogen-bond donors (Lipinski definition) is 0. The summed E-state index contributed by atoms with van der Waals surface area (Å²) >= 11 is 0. The lowest BCUT2D eigenvalue weighted by Crippen LogP contribution is -2.51. The van der Waals surface area contributed by atoms with Gasteiger partial charge in [0.1, 0.15) is 24.2 Å². The number of carbonyl (C=O) groups excluding carboxylic acids is 1. The lowest BCUT2D eigenvalue weighted by molar-refractivity contribution is -0.268. The van der Waals surface area contributed by atoms with E-state index in [0.29, 0.717) is 46.0 Å². The maximum atomic E-state index is 11.8. The van der Waals surface area contributed by atoms with Gasteiger partial charge in [-0.1, -0.05) is 60.7 Å². The second-order valence-corrected chi connectivity index (χ2v) is 12.4. The summed E-state index contributed by atoms with van der Waals surface area (Å²) in [4.78, 5) is 15.5. The minimum atomic E-state index is -1.16. The Kier molecular flexibility index (Phi) is 12.2. The highest BCUT2D eigenvalue weighted by atomic mass is 16.5. The molecule has 2 aliphatic heterocycles. The Labute approximate surface area is 282 Å². The molecule has 254 valence electrons. The van der Waals surface area contributed by atoms with Crippen molar-refractivity contribution in [2.75, 3.05) is 65.8 Å². The first kappa shape index (κ1) is 33.7. The van der Waals surface area contributed by atoms with Crippen LogP contribution in [0.4, 0.5) is 4.79 Å². The first-order valence-electron chi connectivity index (χ1n) is 17.0. The number of piperidine rings is 1. The fourth-order valence-electron chi connectivity index (χ4n) is 6.33. The molecule has 2 saturated heterocycles. The summed E-state index contributed by atoms with van der Waals surface area (Å²) in [6.07, 6.45) is -0.0221. The molecule has 0 bridgehead atoms. The highest BCUT2D eigenvalue weighted by Crippen LogP contribution is 2.32. The van der Waals surface area contributed by atoms with Crippen molar-refractivity contribution in [1.82, 2.24) is 9.80 Å². The normalized spacial score (nSPS) is 18.5. The Balaban J connectivity index is 1.01. The molecule has 1 amide bonds. The molecule has 0 spiro atoms. The number of ether oxygens (including phenoxy) is 5. The summed E-state index contributed by atoms with van der Waals surface area (Å²) in [6, 6.07) is 30.6. The Morgan fingerprint density at radius 3 is 2.35 bits per heavy atom. The topological polar surface area (TPSA) is 92.8 Å². The van der Waals surface area contributed by atoms with E-state index in [9.17, 15) is 9.90 Å². The van der Waals surface area contributed by atoms with Gasteiger partial charge in [0.15, 0.2) is 0 Å². The van der Waals surface area contributed by atoms with Gasteiger partial charge >= 0.3 is 0 Å². The summed E-state index contributed by atoms with van der Waals surface area (Å²) in [5.74, 6) is 1.69. The number of carboxylic acid groups (broad SMARTS) is 1. The van der Waals surface area contributed by atoms with Crippen LogP contribution in [0.25, 0.3) is 10.8 Å². The molecule has 0 aliphatic carbocycles. The number of carbonyl (C=O) groups is 1. The predicted octanol–water partition coefficient (Wildman–Crippen LogP) is 5.25. The number of benzene rings is 4. The van der Waals surface area contributed by atoms with Crippen molar-refractivity contribution in [3.63, 3.8) is 0 Å². The van der Waals surface area contributed by atoms with Crippen LogP contribution < -0.4 is 14.6 Å². The summed E-state index contributed by atoms with van der Waals surface area (Å²) in [5.41, 5.74) is 3.29. The summed E-state index contributed by atoms with van der Waals surface area (Å²) in [6.45, 7) is 7.80. The number of fused-ring (bicyclic) bond motifs is 1. The highest BCUT2D eigenvalue weighted by molar-refractivity contribution is 5.84. The van der Waals surface area contributed by atoms with Crippen LogP contribution in [-0.2, 0) is 27.4 Å². The van der Waals surface area contributed by atoms with Crippen molar-refractivity contribution in [1.29, 1.82) is 0 Å². The molecule has 9 nitrogen and oxygen atoms in total. The second-order valence-electron chi connectivity index (χ2n) is 12.4. The van der Waals surface area contributed by atoms with Crippen LogP contribution in [0.1, 0.15) is 35.4 Å². The molecule has 2 fully saturated rings. The third kappa shape index (κ3) is 9.70. The first-order valence-corrected chi connectivity index (χ1v) is 17.0. The Morgan fingerprint density at radius 1 is 0.771 bits per heavy atom. The molecule has 48 heavy (non-hydrogen) atoms. The Morgan fingerprint density at radius 2 is 1.54 bits per heavy atom. The van der Waals surface area contributed by atoms with E-state index in [0.717, 1.165) is 78.2 Å². The second kappa shape index (κ2) is 17.3. The average molecular weight is 654 g/mol. The third-order valence-electron chi connectivity index (χ3n) is 9.06. The number of rotatable bonds is 15. The predicted molar refractivity (Wildman–Crippen MR) is 182 cm³/mol. The molecule has 0 N–H and O–H groups in total. The molecule has 2 unspecified atom stereocenters. The molecule has 0 radical (unpaired) electrons. The van der Waals surface area contributed by atoms with Gasteiger partial charge in [0, 0.05) is 45.1 Å². The molecular weight excluding hydrogens is 608 g/mol. The van der Waals surface area contributed by atoms with Gasteiger partial charge in [0.05, 0.1) is 45.7 Å². The van der Waals surface area contributed by atoms with E-state index in [1.165, 1.54) is 4.90 Å². The van der Waals surface area contributed by atoms with E-state index in [-0.39, 0.29) is 18.6 Å². The van der Waals surface area contributed by atoms with Crippen LogP contribution >= 0.6 is 0 Å². The Hall–Kier alpha value is -4.15. The van der Waals surface area contributed by atoms with Gasteiger partial charge in [-0.3, -0.25) is 4.90 Å². The number of likely N-dealkylation sites (tertiary alicyclic amines) is 1. The zero-order valence-corrected chi connectivity index (χ0v) is 27.5. The van der Waals surface area contributed by atoms with Crippen molar-refractivity contribution < 1.29 is 33.6 Å². The molecule has 4 aromatic rings. The van der Waals surface area contributed by atoms with Gasteiger partial charge in [-0.05, 0) is 64.2 Å². The van der Waals surface area contributed by atoms with E-state index < -0.39 is 6.09 Å². The monoisotopic (exact) mass is 653 g/mol. The van der Waals surface area contributed by atoms with Gasteiger partial charge < -0.3 is 38.5 Å². The van der Waals surface area contributed by atoms with E-state index in [1.807, 2.05) is 36.4 Å². The number of amides is 1. The van der Waals surface area contributed by atoms with E-state index >= 15 is 0 Å². The SMILES string of the molecule is O=C([O-])N1CCC(c2ccc(OCCCOCc3ccccc3)cc2)C(OCc2ccc3ccc(OCCN4CCOCC4)cc3c2)C1. The van der Waals surface area contributed by atoms with Crippen molar-refractivity contribution in [3.05, 3.63) is 108 Å². The van der Waals surface area contributed by atoms with Gasteiger partial charge in [-0.15, -0.1) is 0 Å². The van der Waals surface area contributed by atoms with Crippen LogP contribution in [-0.4, -0.2) is 87.8 Å². The number of hydrogen-bond acceptors (Lipinski definition) is 8.